The Kier molecular flexibility index (Phi) is 5.61. The van der Waals surface area contributed by atoms with Crippen LogP contribution in [0.3, 0.4) is 0 Å². The predicted molar refractivity (Wildman–Crippen MR) is 127 cm³/mol. The Morgan fingerprint density at radius 1 is 1.14 bits per heavy atom. The van der Waals surface area contributed by atoms with Gasteiger partial charge in [-0.15, -0.1) is 0 Å². The van der Waals surface area contributed by atoms with E-state index in [9.17, 15) is 19.3 Å². The summed E-state index contributed by atoms with van der Waals surface area (Å²) < 4.78 is 20.6. The summed E-state index contributed by atoms with van der Waals surface area (Å²) in [5.41, 5.74) is 3.07. The molecule has 176 valence electrons. The number of nitrogens with one attached hydrogen (secondary N) is 1. The Balaban J connectivity index is 1.57. The highest BCUT2D eigenvalue weighted by Crippen LogP contribution is 2.38. The quantitative estimate of drug-likeness (QED) is 0.320. The normalized spacial score (nSPS) is 14.9. The van der Waals surface area contributed by atoms with Crippen molar-refractivity contribution in [2.75, 3.05) is 17.3 Å². The van der Waals surface area contributed by atoms with Crippen LogP contribution in [-0.2, 0) is 6.54 Å². The third kappa shape index (κ3) is 4.17. The van der Waals surface area contributed by atoms with Crippen molar-refractivity contribution in [1.29, 1.82) is 0 Å². The lowest BCUT2D eigenvalue weighted by Gasteiger charge is -2.38. The second-order valence-corrected chi connectivity index (χ2v) is 7.97. The Morgan fingerprint density at radius 2 is 1.91 bits per heavy atom. The first-order valence-electron chi connectivity index (χ1n) is 10.7. The van der Waals surface area contributed by atoms with Crippen molar-refractivity contribution in [2.24, 2.45) is 0 Å². The molecule has 0 bridgehead atoms. The first kappa shape index (κ1) is 22.1. The minimum atomic E-state index is -0.598. The lowest BCUT2D eigenvalue weighted by atomic mass is 10.0. The van der Waals surface area contributed by atoms with E-state index in [0.29, 0.717) is 22.7 Å². The Morgan fingerprint density at radius 3 is 2.63 bits per heavy atom. The summed E-state index contributed by atoms with van der Waals surface area (Å²) in [4.78, 5) is 25.6. The van der Waals surface area contributed by atoms with Crippen LogP contribution >= 0.6 is 0 Å². The van der Waals surface area contributed by atoms with Gasteiger partial charge >= 0.3 is 5.69 Å². The summed E-state index contributed by atoms with van der Waals surface area (Å²) in [6.07, 6.45) is 1.93. The van der Waals surface area contributed by atoms with Gasteiger partial charge in [0, 0.05) is 16.9 Å². The van der Waals surface area contributed by atoms with Crippen molar-refractivity contribution in [3.63, 3.8) is 0 Å². The highest BCUT2D eigenvalue weighted by atomic mass is 19.1. The largest absolute Gasteiger partial charge is 0.496 e. The molecule has 1 amide bonds. The summed E-state index contributed by atoms with van der Waals surface area (Å²) in [7, 11) is 1.54. The fourth-order valence-electron chi connectivity index (χ4n) is 4.15. The van der Waals surface area contributed by atoms with Gasteiger partial charge in [0.1, 0.15) is 30.1 Å². The number of nitro groups is 1. The third-order valence-electron chi connectivity index (χ3n) is 5.81. The van der Waals surface area contributed by atoms with Crippen LogP contribution in [0.2, 0.25) is 0 Å². The highest BCUT2D eigenvalue weighted by Gasteiger charge is 2.34. The molecule has 2 heterocycles. The number of anilines is 2. The maximum Gasteiger partial charge on any atom is 0.307 e. The van der Waals surface area contributed by atoms with E-state index in [1.165, 1.54) is 36.3 Å². The van der Waals surface area contributed by atoms with Crippen LogP contribution < -0.4 is 15.0 Å². The average molecular weight is 473 g/mol. The maximum absolute atomic E-state index is 13.6. The lowest BCUT2D eigenvalue weighted by Crippen LogP contribution is -2.43. The molecule has 10 heteroatoms. The van der Waals surface area contributed by atoms with E-state index in [1.54, 1.807) is 35.2 Å². The molecule has 0 spiro atoms. The van der Waals surface area contributed by atoms with Gasteiger partial charge in [-0.05, 0) is 54.1 Å². The zero-order valence-electron chi connectivity index (χ0n) is 18.6. The predicted octanol–water partition coefficient (Wildman–Crippen LogP) is 4.76. The molecular formula is C25H20FN5O4. The smallest absolute Gasteiger partial charge is 0.307 e. The molecule has 35 heavy (non-hydrogen) atoms. The Labute approximate surface area is 199 Å². The second kappa shape index (κ2) is 8.90. The highest BCUT2D eigenvalue weighted by molar-refractivity contribution is 6.12. The van der Waals surface area contributed by atoms with Gasteiger partial charge in [-0.25, -0.2) is 4.39 Å². The molecule has 0 radical (unpaired) electrons. The SMILES string of the molecule is COc1ccc(C2Nc3ccccc3C(=O)N2c2ccc(F)cc2)cc1Cn1cc([N+](=O)[O-])cn1. The monoisotopic (exact) mass is 473 g/mol. The van der Waals surface area contributed by atoms with Gasteiger partial charge in [0.2, 0.25) is 0 Å². The van der Waals surface area contributed by atoms with Gasteiger partial charge in [-0.3, -0.25) is 24.5 Å². The molecule has 1 aromatic heterocycles. The number of ether oxygens (including phenoxy) is 1. The molecule has 5 rings (SSSR count). The van der Waals surface area contributed by atoms with Gasteiger partial charge in [0.25, 0.3) is 5.91 Å². The van der Waals surface area contributed by atoms with Gasteiger partial charge in [-0.2, -0.15) is 5.10 Å². The van der Waals surface area contributed by atoms with Crippen molar-refractivity contribution in [2.45, 2.75) is 12.7 Å². The number of aromatic nitrogens is 2. The number of hydrogen-bond donors (Lipinski definition) is 1. The molecule has 1 unspecified atom stereocenters. The molecule has 3 aromatic carbocycles. The number of amides is 1. The number of halogens is 1. The molecule has 1 N–H and O–H groups in total. The van der Waals surface area contributed by atoms with Crippen LogP contribution in [0.15, 0.2) is 79.1 Å². The van der Waals surface area contributed by atoms with E-state index in [2.05, 4.69) is 10.4 Å². The second-order valence-electron chi connectivity index (χ2n) is 7.97. The Bertz CT molecular complexity index is 1420. The maximum atomic E-state index is 13.6. The van der Waals surface area contributed by atoms with Crippen molar-refractivity contribution in [3.8, 4) is 5.75 Å². The number of rotatable bonds is 6. The molecule has 0 fully saturated rings. The molecule has 1 atom stereocenters. The zero-order chi connectivity index (χ0) is 24.5. The van der Waals surface area contributed by atoms with E-state index in [1.807, 2.05) is 24.3 Å². The van der Waals surface area contributed by atoms with Gasteiger partial charge in [0.15, 0.2) is 0 Å². The number of carbonyl (C=O) groups excluding carboxylic acids is 1. The third-order valence-corrected chi connectivity index (χ3v) is 5.81. The number of carbonyl (C=O) groups is 1. The number of nitrogens with zero attached hydrogens (tertiary/aromatic N) is 4. The minimum Gasteiger partial charge on any atom is -0.496 e. The topological polar surface area (TPSA) is 103 Å². The van der Waals surface area contributed by atoms with E-state index < -0.39 is 16.9 Å². The van der Waals surface area contributed by atoms with Crippen LogP contribution in [0, 0.1) is 15.9 Å². The van der Waals surface area contributed by atoms with Gasteiger partial charge in [0.05, 0.1) is 24.1 Å². The van der Waals surface area contributed by atoms with Crippen molar-refractivity contribution >= 4 is 23.0 Å². The number of para-hydroxylation sites is 1. The lowest BCUT2D eigenvalue weighted by molar-refractivity contribution is -0.385. The number of benzene rings is 3. The summed E-state index contributed by atoms with van der Waals surface area (Å²) in [5.74, 6) is -0.0537. The fourth-order valence-corrected chi connectivity index (χ4v) is 4.15. The first-order chi connectivity index (χ1) is 16.9. The number of methoxy groups -OCH3 is 1. The summed E-state index contributed by atoms with van der Waals surface area (Å²) >= 11 is 0. The van der Waals surface area contributed by atoms with Crippen LogP contribution in [0.4, 0.5) is 21.5 Å². The molecule has 9 nitrogen and oxygen atoms in total. The Hall–Kier alpha value is -4.73. The fraction of sp³-hybridized carbons (Fsp3) is 0.120. The standard InChI is InChI=1S/C25H20FN5O4/c1-35-23-11-6-16(12-17(23)14-29-15-20(13-27-29)31(33)34)24-28-22-5-3-2-4-21(22)25(32)30(24)19-9-7-18(26)8-10-19/h2-13,15,24,28H,14H2,1H3. The number of hydrogen-bond acceptors (Lipinski definition) is 6. The number of fused-ring (bicyclic) bond motifs is 1. The summed E-state index contributed by atoms with van der Waals surface area (Å²) in [5, 5.41) is 18.5. The van der Waals surface area contributed by atoms with E-state index in [0.717, 1.165) is 11.1 Å². The van der Waals surface area contributed by atoms with Crippen LogP contribution in [-0.4, -0.2) is 27.7 Å². The summed E-state index contributed by atoms with van der Waals surface area (Å²) in [6, 6.07) is 18.4. The van der Waals surface area contributed by atoms with E-state index >= 15 is 0 Å². The summed E-state index contributed by atoms with van der Waals surface area (Å²) in [6.45, 7) is 0.221. The molecule has 0 saturated heterocycles. The van der Waals surface area contributed by atoms with E-state index in [4.69, 9.17) is 4.74 Å². The molecule has 1 aliphatic rings. The van der Waals surface area contributed by atoms with Crippen LogP contribution in [0.5, 0.6) is 5.75 Å². The molecule has 1 aliphatic heterocycles. The zero-order valence-corrected chi connectivity index (χ0v) is 18.6. The van der Waals surface area contributed by atoms with E-state index in [-0.39, 0.29) is 18.1 Å². The van der Waals surface area contributed by atoms with Crippen molar-refractivity contribution in [1.82, 2.24) is 9.78 Å². The van der Waals surface area contributed by atoms with Crippen molar-refractivity contribution < 1.29 is 18.8 Å². The molecule has 4 aromatic rings. The first-order valence-corrected chi connectivity index (χ1v) is 10.7. The molecular weight excluding hydrogens is 453 g/mol. The molecule has 0 saturated carbocycles. The minimum absolute atomic E-state index is 0.112. The van der Waals surface area contributed by atoms with Gasteiger partial charge in [-0.1, -0.05) is 18.2 Å². The van der Waals surface area contributed by atoms with Crippen LogP contribution in [0.1, 0.15) is 27.7 Å². The van der Waals surface area contributed by atoms with Crippen molar-refractivity contribution in [3.05, 3.63) is 112 Å². The van der Waals surface area contributed by atoms with Gasteiger partial charge < -0.3 is 10.1 Å². The molecule has 0 aliphatic carbocycles. The average Bonchev–Trinajstić information content (AvgIpc) is 3.34. The van der Waals surface area contributed by atoms with Crippen LogP contribution in [0.25, 0.3) is 0 Å².